The van der Waals surface area contributed by atoms with E-state index in [0.717, 1.165) is 51.2 Å². The van der Waals surface area contributed by atoms with Crippen LogP contribution in [0.1, 0.15) is 53.4 Å². The van der Waals surface area contributed by atoms with Gasteiger partial charge in [0.25, 0.3) is 10.9 Å². The molecule has 0 unspecified atom stereocenters. The molecule has 4 heteroatoms. The third-order valence-corrected chi connectivity index (χ3v) is 4.39. The Morgan fingerprint density at radius 2 is 1.76 bits per heavy atom. The number of hydrogen-bond donors (Lipinski definition) is 1. The zero-order valence-corrected chi connectivity index (χ0v) is 13.8. The summed E-state index contributed by atoms with van der Waals surface area (Å²) in [7, 11) is 0. The molecule has 1 saturated heterocycles. The maximum Gasteiger partial charge on any atom is 0.253 e. The topological polar surface area (TPSA) is 49.4 Å². The molecule has 1 N–H and O–H groups in total. The molecule has 21 heavy (non-hydrogen) atoms. The Balaban J connectivity index is 1.94. The predicted molar refractivity (Wildman–Crippen MR) is 89.1 cm³/mol. The van der Waals surface area contributed by atoms with Crippen molar-refractivity contribution in [3.63, 3.8) is 0 Å². The first-order valence-electron chi connectivity index (χ1n) is 8.12. The lowest BCUT2D eigenvalue weighted by atomic mass is 9.90. The molecule has 0 spiro atoms. The molecule has 0 atom stereocenters. The first-order valence-corrected chi connectivity index (χ1v) is 8.12. The lowest BCUT2D eigenvalue weighted by Gasteiger charge is -2.33. The molecular formula is C17H28N2O2. The molecule has 2 rings (SSSR count). The van der Waals surface area contributed by atoms with E-state index >= 15 is 0 Å². The van der Waals surface area contributed by atoms with Crippen LogP contribution < -0.4 is 21.1 Å². The Morgan fingerprint density at radius 3 is 2.33 bits per heavy atom. The molecule has 1 heterocycles. The predicted octanol–water partition coefficient (Wildman–Crippen LogP) is 2.76. The van der Waals surface area contributed by atoms with Crippen molar-refractivity contribution in [3.05, 3.63) is 20.4 Å². The van der Waals surface area contributed by atoms with Gasteiger partial charge in [-0.25, -0.2) is 0 Å². The van der Waals surface area contributed by atoms with Crippen molar-refractivity contribution < 1.29 is 0 Å². The van der Waals surface area contributed by atoms with Crippen molar-refractivity contribution in [2.75, 3.05) is 29.9 Å². The molecule has 1 aliphatic heterocycles. The molecule has 0 aliphatic carbocycles. The second-order valence-electron chi connectivity index (χ2n) is 7.64. The van der Waals surface area contributed by atoms with Crippen LogP contribution in [0.15, 0.2) is 9.59 Å². The van der Waals surface area contributed by atoms with E-state index in [1.165, 1.54) is 0 Å². The van der Waals surface area contributed by atoms with E-state index < -0.39 is 0 Å². The lowest BCUT2D eigenvalue weighted by molar-refractivity contribution is 0.370. The van der Waals surface area contributed by atoms with E-state index in [1.807, 2.05) is 0 Å². The molecular weight excluding hydrogens is 264 g/mol. The van der Waals surface area contributed by atoms with E-state index in [1.54, 1.807) is 0 Å². The number of nitrogens with zero attached hydrogens (tertiary/aromatic N) is 1. The third kappa shape index (κ3) is 3.86. The van der Waals surface area contributed by atoms with Crippen LogP contribution in [-0.4, -0.2) is 19.6 Å². The van der Waals surface area contributed by atoms with Gasteiger partial charge in [-0.1, -0.05) is 27.7 Å². The molecule has 0 aromatic heterocycles. The zero-order chi connectivity index (χ0) is 15.6. The molecule has 0 amide bonds. The van der Waals surface area contributed by atoms with Gasteiger partial charge in [-0.2, -0.15) is 0 Å². The fourth-order valence-electron chi connectivity index (χ4n) is 2.91. The van der Waals surface area contributed by atoms with Crippen molar-refractivity contribution in [1.29, 1.82) is 0 Å². The van der Waals surface area contributed by atoms with E-state index in [-0.39, 0.29) is 10.9 Å². The minimum atomic E-state index is -0.334. The summed E-state index contributed by atoms with van der Waals surface area (Å²) in [4.78, 5) is 25.7. The number of rotatable bonds is 5. The van der Waals surface area contributed by atoms with E-state index in [2.05, 4.69) is 37.9 Å². The maximum atomic E-state index is 11.9. The Kier molecular flexibility index (Phi) is 4.74. The molecule has 0 saturated carbocycles. The van der Waals surface area contributed by atoms with E-state index in [4.69, 9.17) is 0 Å². The molecule has 1 fully saturated rings. The summed E-state index contributed by atoms with van der Waals surface area (Å²) in [6.07, 6.45) is 4.31. The standard InChI is InChI=1S/C17H28N2O2/c1-12-6-10-19(11-7-12)14-13(15(20)16(14)21)18-9-5-8-17(2,3)4/h12,18H,5-11H2,1-4H3. The maximum absolute atomic E-state index is 11.9. The Bertz CT molecular complexity index is 542. The van der Waals surface area contributed by atoms with Crippen LogP contribution in [0.2, 0.25) is 0 Å². The van der Waals surface area contributed by atoms with Crippen LogP contribution in [0.4, 0.5) is 11.4 Å². The summed E-state index contributed by atoms with van der Waals surface area (Å²) in [6.45, 7) is 11.4. The van der Waals surface area contributed by atoms with Crippen molar-refractivity contribution in [2.45, 2.75) is 53.4 Å². The van der Waals surface area contributed by atoms with Gasteiger partial charge in [-0.05, 0) is 37.0 Å². The number of hydrogen-bond acceptors (Lipinski definition) is 4. The molecule has 4 nitrogen and oxygen atoms in total. The SMILES string of the molecule is CC1CCN(c2c(NCCCC(C)(C)C)c(=O)c2=O)CC1. The first-order chi connectivity index (χ1) is 9.79. The minimum Gasteiger partial charge on any atom is -0.380 e. The van der Waals surface area contributed by atoms with E-state index in [9.17, 15) is 9.59 Å². The minimum absolute atomic E-state index is 0.303. The van der Waals surface area contributed by atoms with Gasteiger partial charge in [-0.15, -0.1) is 0 Å². The van der Waals surface area contributed by atoms with Crippen LogP contribution in [0, 0.1) is 11.3 Å². The first kappa shape index (κ1) is 16.1. The molecule has 0 radical (unpaired) electrons. The van der Waals surface area contributed by atoms with Gasteiger partial charge < -0.3 is 10.2 Å². The van der Waals surface area contributed by atoms with Gasteiger partial charge in [-0.3, -0.25) is 9.59 Å². The Morgan fingerprint density at radius 1 is 1.14 bits per heavy atom. The smallest absolute Gasteiger partial charge is 0.253 e. The average Bonchev–Trinajstić information content (AvgIpc) is 2.42. The summed E-state index contributed by atoms with van der Waals surface area (Å²) >= 11 is 0. The molecule has 0 bridgehead atoms. The van der Waals surface area contributed by atoms with Gasteiger partial charge in [0.15, 0.2) is 0 Å². The molecule has 1 aromatic rings. The van der Waals surface area contributed by atoms with Crippen LogP contribution in [0.5, 0.6) is 0 Å². The Hall–Kier alpha value is -1.32. The summed E-state index contributed by atoms with van der Waals surface area (Å²) in [5.41, 5.74) is 0.870. The number of piperidine rings is 1. The summed E-state index contributed by atoms with van der Waals surface area (Å²) in [6, 6.07) is 0. The largest absolute Gasteiger partial charge is 0.380 e. The van der Waals surface area contributed by atoms with Gasteiger partial charge in [0, 0.05) is 19.6 Å². The van der Waals surface area contributed by atoms with Crippen LogP contribution in [-0.2, 0) is 0 Å². The highest BCUT2D eigenvalue weighted by Gasteiger charge is 2.28. The monoisotopic (exact) mass is 292 g/mol. The van der Waals surface area contributed by atoms with Crippen molar-refractivity contribution in [1.82, 2.24) is 0 Å². The average molecular weight is 292 g/mol. The fourth-order valence-corrected chi connectivity index (χ4v) is 2.91. The zero-order valence-electron chi connectivity index (χ0n) is 13.8. The number of anilines is 2. The van der Waals surface area contributed by atoms with Crippen molar-refractivity contribution in [2.24, 2.45) is 11.3 Å². The van der Waals surface area contributed by atoms with Crippen LogP contribution in [0.25, 0.3) is 0 Å². The second kappa shape index (κ2) is 6.20. The third-order valence-electron chi connectivity index (χ3n) is 4.39. The summed E-state index contributed by atoms with van der Waals surface area (Å²) < 4.78 is 0. The quantitative estimate of drug-likeness (QED) is 0.669. The highest BCUT2D eigenvalue weighted by atomic mass is 16.2. The van der Waals surface area contributed by atoms with Crippen molar-refractivity contribution in [3.8, 4) is 0 Å². The summed E-state index contributed by atoms with van der Waals surface area (Å²) in [5.74, 6) is 0.718. The highest BCUT2D eigenvalue weighted by Crippen LogP contribution is 2.26. The van der Waals surface area contributed by atoms with Gasteiger partial charge in [0.2, 0.25) is 0 Å². The van der Waals surface area contributed by atoms with Gasteiger partial charge >= 0.3 is 0 Å². The normalized spacial score (nSPS) is 17.4. The fraction of sp³-hybridized carbons (Fsp3) is 0.765. The van der Waals surface area contributed by atoms with Gasteiger partial charge in [0.1, 0.15) is 11.4 Å². The molecule has 118 valence electrons. The number of nitrogens with one attached hydrogen (secondary N) is 1. The van der Waals surface area contributed by atoms with Crippen LogP contribution >= 0.6 is 0 Å². The van der Waals surface area contributed by atoms with E-state index in [0.29, 0.717) is 16.8 Å². The second-order valence-corrected chi connectivity index (χ2v) is 7.64. The van der Waals surface area contributed by atoms with Crippen LogP contribution in [0.3, 0.4) is 0 Å². The summed E-state index contributed by atoms with van der Waals surface area (Å²) in [5, 5.41) is 3.20. The molecule has 1 aromatic carbocycles. The van der Waals surface area contributed by atoms with Gasteiger partial charge in [0.05, 0.1) is 0 Å². The molecule has 1 aliphatic rings. The van der Waals surface area contributed by atoms with Crippen molar-refractivity contribution >= 4 is 11.4 Å². The lowest BCUT2D eigenvalue weighted by Crippen LogP contribution is -2.45. The Labute approximate surface area is 127 Å². The highest BCUT2D eigenvalue weighted by molar-refractivity contribution is 5.75.